The monoisotopic (exact) mass is 557 g/mol. The number of halogens is 1. The summed E-state index contributed by atoms with van der Waals surface area (Å²) in [6, 6.07) is 14.3. The molecule has 0 radical (unpaired) electrons. The average Bonchev–Trinajstić information content (AvgIpc) is 3.33. The molecule has 0 amide bonds. The molecule has 1 aromatic heterocycles. The van der Waals surface area contributed by atoms with Gasteiger partial charge in [-0.25, -0.2) is 9.37 Å². The molecule has 3 atom stereocenters. The van der Waals surface area contributed by atoms with Crippen molar-refractivity contribution < 1.29 is 23.4 Å². The molecule has 0 saturated heterocycles. The van der Waals surface area contributed by atoms with Crippen LogP contribution in [-0.2, 0) is 28.0 Å². The lowest BCUT2D eigenvalue weighted by Crippen LogP contribution is -2.50. The van der Waals surface area contributed by atoms with Gasteiger partial charge >= 0.3 is 5.97 Å². The fourth-order valence-electron chi connectivity index (χ4n) is 7.84. The van der Waals surface area contributed by atoms with E-state index in [4.69, 9.17) is 14.2 Å². The first-order valence-electron chi connectivity index (χ1n) is 14.9. The second-order valence-electron chi connectivity index (χ2n) is 12.8. The van der Waals surface area contributed by atoms with E-state index >= 15 is 4.39 Å². The Morgan fingerprint density at radius 2 is 1.85 bits per heavy atom. The Labute approximate surface area is 242 Å². The Balaban J connectivity index is 1.31. The summed E-state index contributed by atoms with van der Waals surface area (Å²) in [5.41, 5.74) is 6.18. The Bertz CT molecular complexity index is 1470. The highest BCUT2D eigenvalue weighted by atomic mass is 19.1. The number of hydrogen-bond donors (Lipinski definition) is 0. The number of rotatable bonds is 7. The Morgan fingerprint density at radius 1 is 1.00 bits per heavy atom. The number of methoxy groups -OCH3 is 2. The minimum absolute atomic E-state index is 0.0705. The second kappa shape index (κ2) is 10.8. The van der Waals surface area contributed by atoms with Gasteiger partial charge in [0.2, 0.25) is 5.88 Å². The summed E-state index contributed by atoms with van der Waals surface area (Å²) < 4.78 is 32.0. The van der Waals surface area contributed by atoms with Crippen molar-refractivity contribution in [2.24, 2.45) is 11.3 Å². The van der Waals surface area contributed by atoms with Crippen molar-refractivity contribution in [1.29, 1.82) is 0 Å². The molecule has 3 aliphatic carbocycles. The van der Waals surface area contributed by atoms with Crippen LogP contribution >= 0.6 is 0 Å². The van der Waals surface area contributed by atoms with E-state index in [0.717, 1.165) is 73.8 Å². The van der Waals surface area contributed by atoms with Crippen molar-refractivity contribution in [3.8, 4) is 22.8 Å². The first-order chi connectivity index (χ1) is 19.8. The van der Waals surface area contributed by atoms with Crippen molar-refractivity contribution >= 4 is 5.97 Å². The highest BCUT2D eigenvalue weighted by Crippen LogP contribution is 2.56. The van der Waals surface area contributed by atoms with Crippen LogP contribution in [0.1, 0.15) is 87.0 Å². The van der Waals surface area contributed by atoms with Gasteiger partial charge in [0.1, 0.15) is 18.2 Å². The number of hydrogen-bond acceptors (Lipinski definition) is 5. The van der Waals surface area contributed by atoms with Crippen molar-refractivity contribution in [1.82, 2.24) is 4.98 Å². The lowest BCUT2D eigenvalue weighted by atomic mass is 9.52. The summed E-state index contributed by atoms with van der Waals surface area (Å²) >= 11 is 0. The first kappa shape index (κ1) is 27.7. The number of pyridine rings is 1. The molecule has 1 heterocycles. The van der Waals surface area contributed by atoms with E-state index in [-0.39, 0.29) is 28.5 Å². The predicted octanol–water partition coefficient (Wildman–Crippen LogP) is 7.93. The number of aryl methyl sites for hydroxylation is 1. The number of aromatic nitrogens is 1. The molecule has 3 aromatic rings. The average molecular weight is 558 g/mol. The van der Waals surface area contributed by atoms with Gasteiger partial charge in [-0.15, -0.1) is 0 Å². The fraction of sp³-hybridized carbons (Fsp3) is 0.486. The van der Waals surface area contributed by atoms with E-state index in [1.807, 2.05) is 12.1 Å². The normalized spacial score (nSPS) is 24.4. The third-order valence-electron chi connectivity index (χ3n) is 10.2. The predicted molar refractivity (Wildman–Crippen MR) is 157 cm³/mol. The molecule has 0 aliphatic heterocycles. The molecule has 3 unspecified atom stereocenters. The largest absolute Gasteiger partial charge is 0.489 e. The van der Waals surface area contributed by atoms with Gasteiger partial charge in [0.05, 0.1) is 26.3 Å². The summed E-state index contributed by atoms with van der Waals surface area (Å²) in [6.45, 7) is 5.03. The van der Waals surface area contributed by atoms with Gasteiger partial charge in [-0.1, -0.05) is 44.5 Å². The van der Waals surface area contributed by atoms with Crippen molar-refractivity contribution in [3.05, 3.63) is 76.7 Å². The summed E-state index contributed by atoms with van der Waals surface area (Å²) in [6.07, 6.45) is 9.65. The molecule has 0 bridgehead atoms. The van der Waals surface area contributed by atoms with Crippen LogP contribution in [0.3, 0.4) is 0 Å². The van der Waals surface area contributed by atoms with Crippen LogP contribution in [0.5, 0.6) is 11.6 Å². The van der Waals surface area contributed by atoms with Crippen LogP contribution < -0.4 is 9.47 Å². The van der Waals surface area contributed by atoms with Crippen LogP contribution in [0.4, 0.5) is 4.39 Å². The standard InChI is InChI=1S/C35H40FNO4/c1-34(2)14-6-8-28(34)26-17-22(9-12-25(26)27-19-32(39-3)37-20-31(27)36)21-41-24-11-10-23-7-5-15-35(30(23)18-24)16-13-29(35)33(38)40-4/h9-12,17-20,28-29H,5-8,13-16,21H2,1-4H3. The lowest BCUT2D eigenvalue weighted by molar-refractivity contribution is -0.153. The second-order valence-corrected chi connectivity index (χ2v) is 12.8. The van der Waals surface area contributed by atoms with E-state index in [1.165, 1.54) is 24.4 Å². The van der Waals surface area contributed by atoms with Crippen molar-refractivity contribution in [3.63, 3.8) is 0 Å². The van der Waals surface area contributed by atoms with Gasteiger partial charge in [0, 0.05) is 17.0 Å². The zero-order valence-electron chi connectivity index (χ0n) is 24.6. The maximum atomic E-state index is 15.1. The zero-order chi connectivity index (χ0) is 28.8. The van der Waals surface area contributed by atoms with Crippen molar-refractivity contribution in [2.45, 2.75) is 83.2 Å². The number of benzene rings is 2. The number of carbonyl (C=O) groups excluding carboxylic acids is 1. The summed E-state index contributed by atoms with van der Waals surface area (Å²) in [4.78, 5) is 16.6. The third-order valence-corrected chi connectivity index (χ3v) is 10.2. The summed E-state index contributed by atoms with van der Waals surface area (Å²) in [5.74, 6) is 1.01. The molecule has 6 heteroatoms. The van der Waals surface area contributed by atoms with Crippen LogP contribution in [0, 0.1) is 17.2 Å². The summed E-state index contributed by atoms with van der Waals surface area (Å²) in [5, 5.41) is 0. The van der Waals surface area contributed by atoms with Crippen LogP contribution in [-0.4, -0.2) is 25.2 Å². The van der Waals surface area contributed by atoms with Crippen molar-refractivity contribution in [2.75, 3.05) is 14.2 Å². The van der Waals surface area contributed by atoms with Crippen LogP contribution in [0.2, 0.25) is 0 Å². The SMILES string of the molecule is COC(=O)C1CCC12CCCc1ccc(OCc3ccc(-c4cc(OC)ncc4F)c(C4CCCC4(C)C)c3)cc12. The topological polar surface area (TPSA) is 57.7 Å². The van der Waals surface area contributed by atoms with Gasteiger partial charge in [-0.05, 0) is 96.2 Å². The number of fused-ring (bicyclic) bond motifs is 2. The minimum Gasteiger partial charge on any atom is -0.489 e. The molecular weight excluding hydrogens is 517 g/mol. The van der Waals surface area contributed by atoms with Gasteiger partial charge in [-0.2, -0.15) is 0 Å². The highest BCUT2D eigenvalue weighted by molar-refractivity contribution is 5.76. The Hall–Kier alpha value is -3.41. The fourth-order valence-corrected chi connectivity index (χ4v) is 7.84. The van der Waals surface area contributed by atoms with Crippen LogP contribution in [0.25, 0.3) is 11.1 Å². The van der Waals surface area contributed by atoms with E-state index < -0.39 is 0 Å². The smallest absolute Gasteiger partial charge is 0.309 e. The third kappa shape index (κ3) is 4.89. The number of nitrogens with zero attached hydrogens (tertiary/aromatic N) is 1. The first-order valence-corrected chi connectivity index (χ1v) is 14.9. The molecule has 5 nitrogen and oxygen atoms in total. The molecule has 1 spiro atoms. The molecule has 6 rings (SSSR count). The van der Waals surface area contributed by atoms with Gasteiger partial charge in [-0.3, -0.25) is 4.79 Å². The van der Waals surface area contributed by atoms with E-state index in [9.17, 15) is 4.79 Å². The molecule has 216 valence electrons. The minimum atomic E-state index is -0.351. The zero-order valence-corrected chi connectivity index (χ0v) is 24.6. The highest BCUT2D eigenvalue weighted by Gasteiger charge is 2.53. The maximum absolute atomic E-state index is 15.1. The number of esters is 1. The lowest BCUT2D eigenvalue weighted by Gasteiger charge is -2.51. The summed E-state index contributed by atoms with van der Waals surface area (Å²) in [7, 11) is 3.04. The van der Waals surface area contributed by atoms with Gasteiger partial charge < -0.3 is 14.2 Å². The molecular formula is C35H40FNO4. The van der Waals surface area contributed by atoms with E-state index in [2.05, 4.69) is 43.1 Å². The Kier molecular flexibility index (Phi) is 7.29. The quantitative estimate of drug-likeness (QED) is 0.276. The van der Waals surface area contributed by atoms with Gasteiger partial charge in [0.25, 0.3) is 0 Å². The molecule has 2 fully saturated rings. The molecule has 2 saturated carbocycles. The van der Waals surface area contributed by atoms with Crippen LogP contribution in [0.15, 0.2) is 48.7 Å². The molecule has 3 aliphatic rings. The van der Waals surface area contributed by atoms with Gasteiger partial charge in [0.15, 0.2) is 0 Å². The maximum Gasteiger partial charge on any atom is 0.309 e. The van der Waals surface area contributed by atoms with E-state index in [1.54, 1.807) is 13.2 Å². The van der Waals surface area contributed by atoms with E-state index in [0.29, 0.717) is 24.0 Å². The Morgan fingerprint density at radius 3 is 2.56 bits per heavy atom. The number of carbonyl (C=O) groups is 1. The number of ether oxygens (including phenoxy) is 3. The molecule has 41 heavy (non-hydrogen) atoms. The molecule has 0 N–H and O–H groups in total. The molecule has 2 aromatic carbocycles.